The fourth-order valence-electron chi connectivity index (χ4n) is 9.58. The Kier molecular flexibility index (Phi) is 12.2. The molecule has 4 saturated carbocycles. The number of hydrogen-bond acceptors (Lipinski definition) is 0. The van der Waals surface area contributed by atoms with Gasteiger partial charge in [0.05, 0.1) is 0 Å². The van der Waals surface area contributed by atoms with Crippen LogP contribution in [0.3, 0.4) is 0 Å². The van der Waals surface area contributed by atoms with Gasteiger partial charge in [-0.25, -0.2) is 0 Å². The molecule has 4 aliphatic rings. The maximum Gasteiger partial charge on any atom is -0.0352 e. The second-order valence-electron chi connectivity index (χ2n) is 15.2. The van der Waals surface area contributed by atoms with Crippen LogP contribution in [0.15, 0.2) is 0 Å². The van der Waals surface area contributed by atoms with Crippen molar-refractivity contribution in [3.63, 3.8) is 0 Å². The van der Waals surface area contributed by atoms with Gasteiger partial charge in [-0.05, 0) is 103 Å². The van der Waals surface area contributed by atoms with Crippen molar-refractivity contribution in [1.29, 1.82) is 0 Å². The summed E-state index contributed by atoms with van der Waals surface area (Å²) in [6.45, 7) is 19.4. The van der Waals surface area contributed by atoms with Crippen LogP contribution in [-0.2, 0) is 0 Å². The van der Waals surface area contributed by atoms with Gasteiger partial charge >= 0.3 is 0 Å². The summed E-state index contributed by atoms with van der Waals surface area (Å²) in [4.78, 5) is 0. The molecule has 4 rings (SSSR count). The van der Waals surface area contributed by atoms with Crippen molar-refractivity contribution in [3.05, 3.63) is 0 Å². The first-order valence-corrected chi connectivity index (χ1v) is 17.2. The SMILES string of the molecule is CC1C(C)C2CCCCC2C1CCCCCCCC1C(C)C(C)C2CCCCC12.CCC(C)(C)CC. The topological polar surface area (TPSA) is 0 Å². The Labute approximate surface area is 228 Å². The first-order chi connectivity index (χ1) is 17.2. The van der Waals surface area contributed by atoms with Gasteiger partial charge in [-0.2, -0.15) is 0 Å². The molecule has 10 atom stereocenters. The molecule has 212 valence electrons. The minimum absolute atomic E-state index is 0.583. The second-order valence-corrected chi connectivity index (χ2v) is 15.2. The van der Waals surface area contributed by atoms with Gasteiger partial charge in [0.15, 0.2) is 0 Å². The van der Waals surface area contributed by atoms with E-state index in [-0.39, 0.29) is 0 Å². The summed E-state index contributed by atoms with van der Waals surface area (Å²) in [7, 11) is 0. The lowest BCUT2D eigenvalue weighted by atomic mass is 9.75. The van der Waals surface area contributed by atoms with Crippen LogP contribution in [0.25, 0.3) is 0 Å². The summed E-state index contributed by atoms with van der Waals surface area (Å²) < 4.78 is 0. The lowest BCUT2D eigenvalue weighted by Crippen LogP contribution is -2.21. The Hall–Kier alpha value is 0. The monoisotopic (exact) mass is 501 g/mol. The lowest BCUT2D eigenvalue weighted by molar-refractivity contribution is 0.197. The van der Waals surface area contributed by atoms with Crippen molar-refractivity contribution in [2.75, 3.05) is 0 Å². The average Bonchev–Trinajstić information content (AvgIpc) is 3.29. The molecule has 0 nitrogen and oxygen atoms in total. The normalized spacial score (nSPS) is 40.3. The molecular formula is C36H68. The highest BCUT2D eigenvalue weighted by Crippen LogP contribution is 2.55. The van der Waals surface area contributed by atoms with Gasteiger partial charge in [0.1, 0.15) is 0 Å². The summed E-state index contributed by atoms with van der Waals surface area (Å²) in [6, 6.07) is 0. The van der Waals surface area contributed by atoms with Crippen molar-refractivity contribution >= 4 is 0 Å². The molecule has 0 bridgehead atoms. The third kappa shape index (κ3) is 7.56. The minimum Gasteiger partial charge on any atom is -0.0649 e. The van der Waals surface area contributed by atoms with Crippen LogP contribution in [0, 0.1) is 64.6 Å². The predicted molar refractivity (Wildman–Crippen MR) is 161 cm³/mol. The molecule has 0 N–H and O–H groups in total. The molecule has 0 aromatic rings. The highest BCUT2D eigenvalue weighted by molar-refractivity contribution is 4.96. The van der Waals surface area contributed by atoms with E-state index < -0.39 is 0 Å². The average molecular weight is 501 g/mol. The molecule has 0 saturated heterocycles. The van der Waals surface area contributed by atoms with Crippen LogP contribution in [-0.4, -0.2) is 0 Å². The maximum absolute atomic E-state index is 2.59. The fourth-order valence-corrected chi connectivity index (χ4v) is 9.58. The Morgan fingerprint density at radius 3 is 1.14 bits per heavy atom. The van der Waals surface area contributed by atoms with Gasteiger partial charge in [-0.3, -0.25) is 0 Å². The molecule has 0 aromatic carbocycles. The maximum atomic E-state index is 2.59. The summed E-state index contributed by atoms with van der Waals surface area (Å²) >= 11 is 0. The summed E-state index contributed by atoms with van der Waals surface area (Å²) in [5.41, 5.74) is 0.583. The molecule has 4 aliphatic carbocycles. The molecule has 0 aromatic heterocycles. The van der Waals surface area contributed by atoms with Crippen LogP contribution in [0.4, 0.5) is 0 Å². The molecule has 10 unspecified atom stereocenters. The molecule has 0 heterocycles. The Balaban J connectivity index is 0.000000454. The van der Waals surface area contributed by atoms with Crippen LogP contribution in [0.1, 0.15) is 165 Å². The quantitative estimate of drug-likeness (QED) is 0.262. The molecule has 0 amide bonds. The summed E-state index contributed by atoms with van der Waals surface area (Å²) in [5, 5.41) is 0. The van der Waals surface area contributed by atoms with E-state index in [1.807, 2.05) is 0 Å². The highest BCUT2D eigenvalue weighted by atomic mass is 14.5. The van der Waals surface area contributed by atoms with Crippen molar-refractivity contribution < 1.29 is 0 Å². The van der Waals surface area contributed by atoms with E-state index in [4.69, 9.17) is 0 Å². The van der Waals surface area contributed by atoms with Gasteiger partial charge < -0.3 is 0 Å². The highest BCUT2D eigenvalue weighted by Gasteiger charge is 2.47. The van der Waals surface area contributed by atoms with Gasteiger partial charge in [-0.1, -0.05) is 126 Å². The Morgan fingerprint density at radius 2 is 0.806 bits per heavy atom. The van der Waals surface area contributed by atoms with E-state index >= 15 is 0 Å². The first-order valence-electron chi connectivity index (χ1n) is 17.2. The van der Waals surface area contributed by atoms with Gasteiger partial charge in [0.2, 0.25) is 0 Å². The van der Waals surface area contributed by atoms with E-state index in [9.17, 15) is 0 Å². The van der Waals surface area contributed by atoms with Crippen LogP contribution in [0.2, 0.25) is 0 Å². The van der Waals surface area contributed by atoms with E-state index in [0.29, 0.717) is 5.41 Å². The molecular weight excluding hydrogens is 432 g/mol. The zero-order valence-corrected chi connectivity index (χ0v) is 26.3. The van der Waals surface area contributed by atoms with Gasteiger partial charge in [0.25, 0.3) is 0 Å². The van der Waals surface area contributed by atoms with Crippen LogP contribution >= 0.6 is 0 Å². The van der Waals surface area contributed by atoms with Crippen LogP contribution < -0.4 is 0 Å². The number of rotatable bonds is 10. The third-order valence-electron chi connectivity index (χ3n) is 13.2. The molecule has 0 heteroatoms. The standard InChI is InChI=1S/C29H52.C7H16/c1-20-22(3)26-16-10-12-18-28(26)24(20)14-8-6-5-7-9-15-25-21(2)23(4)27-17-11-13-19-29(25)27;1-5-7(3,4)6-2/h20-29H,5-19H2,1-4H3;5-6H2,1-4H3. The summed E-state index contributed by atoms with van der Waals surface area (Å²) in [5.74, 6) is 10.5. The lowest BCUT2D eigenvalue weighted by Gasteiger charge is -2.31. The smallest absolute Gasteiger partial charge is 0.0352 e. The number of fused-ring (bicyclic) bond motifs is 2. The Bertz CT molecular complexity index is 553. The number of hydrogen-bond donors (Lipinski definition) is 0. The third-order valence-corrected chi connectivity index (χ3v) is 13.2. The zero-order valence-electron chi connectivity index (χ0n) is 26.3. The molecule has 36 heavy (non-hydrogen) atoms. The number of unbranched alkanes of at least 4 members (excludes halogenated alkanes) is 4. The van der Waals surface area contributed by atoms with E-state index in [1.54, 1.807) is 38.5 Å². The fraction of sp³-hybridized carbons (Fsp3) is 1.00. The van der Waals surface area contributed by atoms with Crippen LogP contribution in [0.5, 0.6) is 0 Å². The molecule has 0 radical (unpaired) electrons. The van der Waals surface area contributed by atoms with Crippen molar-refractivity contribution in [2.45, 2.75) is 165 Å². The van der Waals surface area contributed by atoms with Crippen molar-refractivity contribution in [2.24, 2.45) is 64.6 Å². The van der Waals surface area contributed by atoms with Gasteiger partial charge in [-0.15, -0.1) is 0 Å². The van der Waals surface area contributed by atoms with E-state index in [1.165, 1.54) is 70.6 Å². The van der Waals surface area contributed by atoms with Crippen molar-refractivity contribution in [1.82, 2.24) is 0 Å². The summed E-state index contributed by atoms with van der Waals surface area (Å²) in [6.07, 6.45) is 25.6. The zero-order chi connectivity index (χ0) is 26.3. The van der Waals surface area contributed by atoms with E-state index in [0.717, 1.165) is 59.2 Å². The van der Waals surface area contributed by atoms with E-state index in [2.05, 4.69) is 55.4 Å². The van der Waals surface area contributed by atoms with Crippen molar-refractivity contribution in [3.8, 4) is 0 Å². The predicted octanol–water partition coefficient (Wildman–Crippen LogP) is 12.0. The molecule has 0 aliphatic heterocycles. The second kappa shape index (κ2) is 14.4. The largest absolute Gasteiger partial charge is 0.0649 e. The molecule has 0 spiro atoms. The molecule has 4 fully saturated rings. The minimum atomic E-state index is 0.583. The Morgan fingerprint density at radius 1 is 0.472 bits per heavy atom. The first kappa shape index (κ1) is 30.5. The van der Waals surface area contributed by atoms with Gasteiger partial charge in [0, 0.05) is 0 Å².